The number of carbonyl (C=O) groups is 1. The summed E-state index contributed by atoms with van der Waals surface area (Å²) in [6, 6.07) is 1.82. The van der Waals surface area contributed by atoms with Crippen molar-refractivity contribution in [1.29, 1.82) is 0 Å². The molecule has 0 fully saturated rings. The van der Waals surface area contributed by atoms with Gasteiger partial charge in [-0.05, 0) is 24.3 Å². The Labute approximate surface area is 74.2 Å². The summed E-state index contributed by atoms with van der Waals surface area (Å²) in [6.45, 7) is 0. The van der Waals surface area contributed by atoms with Crippen LogP contribution in [-0.4, -0.2) is 10.9 Å². The van der Waals surface area contributed by atoms with Gasteiger partial charge in [0.1, 0.15) is 0 Å². The molecule has 1 N–H and O–H groups in total. The van der Waals surface area contributed by atoms with Crippen molar-refractivity contribution in [3.63, 3.8) is 0 Å². The molecule has 62 valence electrons. The maximum absolute atomic E-state index is 11.5. The van der Waals surface area contributed by atoms with Crippen molar-refractivity contribution in [3.05, 3.63) is 33.7 Å². The smallest absolute Gasteiger partial charge is 0.193 e. The van der Waals surface area contributed by atoms with E-state index in [9.17, 15) is 4.79 Å². The minimum Gasteiger partial charge on any atom is -0.515 e. The molecule has 0 unspecified atom stereocenters. The summed E-state index contributed by atoms with van der Waals surface area (Å²) < 4.78 is 0. The molecule has 0 saturated carbocycles. The third-order valence-corrected chi connectivity index (χ3v) is 3.04. The van der Waals surface area contributed by atoms with E-state index in [0.717, 1.165) is 23.1 Å². The lowest BCUT2D eigenvalue weighted by molar-refractivity contribution is 0.102. The molecule has 3 heteroatoms. The number of rotatable bonds is 0. The van der Waals surface area contributed by atoms with Gasteiger partial charge in [-0.1, -0.05) is 0 Å². The highest BCUT2D eigenvalue weighted by molar-refractivity contribution is 7.10. The van der Waals surface area contributed by atoms with E-state index in [0.29, 0.717) is 12.0 Å². The standard InChI is InChI=1S/C9H8O2S/c10-5-6-1-2-8-7(9(6)11)3-4-12-8/h3-5,10H,1-2H2/b6-5-. The fourth-order valence-corrected chi connectivity index (χ4v) is 2.27. The monoisotopic (exact) mass is 180 g/mol. The van der Waals surface area contributed by atoms with Crippen LogP contribution in [0, 0.1) is 0 Å². The third kappa shape index (κ3) is 0.975. The highest BCUT2D eigenvalue weighted by atomic mass is 32.1. The first-order valence-electron chi connectivity index (χ1n) is 3.77. The molecular weight excluding hydrogens is 172 g/mol. The fourth-order valence-electron chi connectivity index (χ4n) is 1.39. The maximum Gasteiger partial charge on any atom is 0.193 e. The molecule has 0 aliphatic heterocycles. The molecule has 0 saturated heterocycles. The fraction of sp³-hybridized carbons (Fsp3) is 0.222. The number of aliphatic hydroxyl groups excluding tert-OH is 1. The van der Waals surface area contributed by atoms with Crippen molar-refractivity contribution in [1.82, 2.24) is 0 Å². The first-order chi connectivity index (χ1) is 5.83. The summed E-state index contributed by atoms with van der Waals surface area (Å²) in [4.78, 5) is 12.6. The van der Waals surface area contributed by atoms with E-state index >= 15 is 0 Å². The third-order valence-electron chi connectivity index (χ3n) is 2.06. The number of aliphatic hydroxyl groups is 1. The van der Waals surface area contributed by atoms with Crippen LogP contribution >= 0.6 is 11.3 Å². The number of thiophene rings is 1. The lowest BCUT2D eigenvalue weighted by Crippen LogP contribution is -2.11. The van der Waals surface area contributed by atoms with Crippen molar-refractivity contribution in [3.8, 4) is 0 Å². The predicted octanol–water partition coefficient (Wildman–Crippen LogP) is 2.32. The minimum atomic E-state index is -0.0139. The second-order valence-corrected chi connectivity index (χ2v) is 3.74. The van der Waals surface area contributed by atoms with Crippen LogP contribution < -0.4 is 0 Å². The van der Waals surface area contributed by atoms with E-state index in [1.165, 1.54) is 0 Å². The molecule has 0 spiro atoms. The topological polar surface area (TPSA) is 37.3 Å². The van der Waals surface area contributed by atoms with Gasteiger partial charge in [-0.3, -0.25) is 4.79 Å². The molecule has 0 radical (unpaired) electrons. The number of carbonyl (C=O) groups excluding carboxylic acids is 1. The van der Waals surface area contributed by atoms with Gasteiger partial charge >= 0.3 is 0 Å². The van der Waals surface area contributed by atoms with Crippen LogP contribution in [0.1, 0.15) is 21.7 Å². The van der Waals surface area contributed by atoms with E-state index in [1.807, 2.05) is 11.4 Å². The Bertz CT molecular complexity index is 349. The van der Waals surface area contributed by atoms with E-state index < -0.39 is 0 Å². The molecule has 0 amide bonds. The largest absolute Gasteiger partial charge is 0.515 e. The lowest BCUT2D eigenvalue weighted by Gasteiger charge is -2.11. The lowest BCUT2D eigenvalue weighted by atomic mass is 9.94. The average molecular weight is 180 g/mol. The molecule has 1 aliphatic carbocycles. The second-order valence-electron chi connectivity index (χ2n) is 2.74. The minimum absolute atomic E-state index is 0.0139. The molecule has 2 rings (SSSR count). The van der Waals surface area contributed by atoms with Gasteiger partial charge < -0.3 is 5.11 Å². The van der Waals surface area contributed by atoms with Gasteiger partial charge in [0.2, 0.25) is 0 Å². The van der Waals surface area contributed by atoms with Gasteiger partial charge in [0.25, 0.3) is 0 Å². The molecule has 1 aliphatic rings. The zero-order valence-electron chi connectivity index (χ0n) is 6.41. The van der Waals surface area contributed by atoms with E-state index in [4.69, 9.17) is 5.11 Å². The van der Waals surface area contributed by atoms with Crippen molar-refractivity contribution >= 4 is 17.1 Å². The maximum atomic E-state index is 11.5. The van der Waals surface area contributed by atoms with Gasteiger partial charge in [0.05, 0.1) is 6.26 Å². The molecule has 0 bridgehead atoms. The van der Waals surface area contributed by atoms with Gasteiger partial charge in [-0.2, -0.15) is 0 Å². The van der Waals surface area contributed by atoms with Crippen LogP contribution in [0.15, 0.2) is 23.3 Å². The van der Waals surface area contributed by atoms with Crippen molar-refractivity contribution in [2.75, 3.05) is 0 Å². The van der Waals surface area contributed by atoms with Crippen LogP contribution in [0.2, 0.25) is 0 Å². The number of aryl methyl sites for hydroxylation is 1. The summed E-state index contributed by atoms with van der Waals surface area (Å²) >= 11 is 1.61. The van der Waals surface area contributed by atoms with E-state index in [1.54, 1.807) is 11.3 Å². The molecule has 1 aromatic rings. The number of allylic oxidation sites excluding steroid dienone is 1. The van der Waals surface area contributed by atoms with E-state index in [-0.39, 0.29) is 5.78 Å². The molecule has 2 nitrogen and oxygen atoms in total. The highest BCUT2D eigenvalue weighted by Gasteiger charge is 2.22. The molecule has 1 aromatic heterocycles. The predicted molar refractivity (Wildman–Crippen MR) is 47.7 cm³/mol. The number of fused-ring (bicyclic) bond motifs is 1. The SMILES string of the molecule is O=C1/C(=C\O)CCc2sccc21. The Morgan fingerprint density at radius 3 is 3.08 bits per heavy atom. The molecular formula is C9H8O2S. The Morgan fingerprint density at radius 1 is 1.50 bits per heavy atom. The number of hydrogen-bond acceptors (Lipinski definition) is 3. The van der Waals surface area contributed by atoms with Crippen molar-refractivity contribution in [2.24, 2.45) is 0 Å². The van der Waals surface area contributed by atoms with Gasteiger partial charge in [-0.25, -0.2) is 0 Å². The average Bonchev–Trinajstić information content (AvgIpc) is 2.53. The number of hydrogen-bond donors (Lipinski definition) is 1. The number of ketones is 1. The van der Waals surface area contributed by atoms with Gasteiger partial charge in [0.15, 0.2) is 5.78 Å². The van der Waals surface area contributed by atoms with E-state index in [2.05, 4.69) is 0 Å². The quantitative estimate of drug-likeness (QED) is 0.491. The summed E-state index contributed by atoms with van der Waals surface area (Å²) in [6.07, 6.45) is 2.48. The Kier molecular flexibility index (Phi) is 1.73. The van der Waals surface area contributed by atoms with Crippen LogP contribution in [0.5, 0.6) is 0 Å². The Balaban J connectivity index is 2.49. The van der Waals surface area contributed by atoms with Crippen LogP contribution in [0.25, 0.3) is 0 Å². The van der Waals surface area contributed by atoms with Crippen LogP contribution in [-0.2, 0) is 6.42 Å². The van der Waals surface area contributed by atoms with Crippen LogP contribution in [0.3, 0.4) is 0 Å². The Hall–Kier alpha value is -1.09. The molecule has 1 heterocycles. The zero-order valence-corrected chi connectivity index (χ0v) is 7.23. The molecule has 0 aromatic carbocycles. The van der Waals surface area contributed by atoms with Crippen LogP contribution in [0.4, 0.5) is 0 Å². The van der Waals surface area contributed by atoms with Gasteiger partial charge in [-0.15, -0.1) is 11.3 Å². The number of Topliss-reactive ketones (excluding diaryl/α,β-unsaturated/α-hetero) is 1. The first kappa shape index (κ1) is 7.55. The Morgan fingerprint density at radius 2 is 2.33 bits per heavy atom. The van der Waals surface area contributed by atoms with Gasteiger partial charge in [0, 0.05) is 16.0 Å². The normalized spacial score (nSPS) is 19.7. The molecule has 12 heavy (non-hydrogen) atoms. The van der Waals surface area contributed by atoms with Crippen molar-refractivity contribution in [2.45, 2.75) is 12.8 Å². The molecule has 0 atom stereocenters. The summed E-state index contributed by atoms with van der Waals surface area (Å²) in [5.41, 5.74) is 1.30. The second kappa shape index (κ2) is 2.75. The summed E-state index contributed by atoms with van der Waals surface area (Å²) in [7, 11) is 0. The zero-order chi connectivity index (χ0) is 8.55. The summed E-state index contributed by atoms with van der Waals surface area (Å²) in [5, 5.41) is 10.7. The highest BCUT2D eigenvalue weighted by Crippen LogP contribution is 2.28. The first-order valence-corrected chi connectivity index (χ1v) is 4.65. The summed E-state index contributed by atoms with van der Waals surface area (Å²) in [5.74, 6) is -0.0139. The van der Waals surface area contributed by atoms with Crippen molar-refractivity contribution < 1.29 is 9.90 Å².